The van der Waals surface area contributed by atoms with Crippen molar-refractivity contribution in [3.05, 3.63) is 58.5 Å². The summed E-state index contributed by atoms with van der Waals surface area (Å²) in [7, 11) is 0. The lowest BCUT2D eigenvalue weighted by Crippen LogP contribution is -2.34. The Balaban J connectivity index is 1.33. The number of carbonyl (C=O) groups is 1. The molecule has 0 aliphatic carbocycles. The van der Waals surface area contributed by atoms with Gasteiger partial charge < -0.3 is 9.80 Å². The van der Waals surface area contributed by atoms with Gasteiger partial charge >= 0.3 is 6.18 Å². The van der Waals surface area contributed by atoms with E-state index in [1.54, 1.807) is 32.5 Å². The summed E-state index contributed by atoms with van der Waals surface area (Å²) in [6.07, 6.45) is -2.64. The van der Waals surface area contributed by atoms with Crippen molar-refractivity contribution in [2.75, 3.05) is 31.1 Å². The van der Waals surface area contributed by atoms with Gasteiger partial charge in [0.15, 0.2) is 5.65 Å². The lowest BCUT2D eigenvalue weighted by molar-refractivity contribution is -0.137. The minimum atomic E-state index is -4.39. The summed E-state index contributed by atoms with van der Waals surface area (Å²) >= 11 is 3.38. The standard InChI is InChI=1S/C20H17BrF3N5O/c21-14-5-6-17-25-26-18(29(17)11-14)19(30)28-9-12-7-27(8-13(12)10-28)16-4-2-1-3-15(16)20(22,23)24/h1-6,11-13H,7-10H2/t12-,13+. The summed E-state index contributed by atoms with van der Waals surface area (Å²) in [6.45, 7) is 1.98. The second-order valence-corrected chi connectivity index (χ2v) is 8.66. The van der Waals surface area contributed by atoms with Crippen LogP contribution < -0.4 is 4.90 Å². The molecule has 10 heteroatoms. The molecule has 0 spiro atoms. The molecule has 2 aromatic heterocycles. The highest BCUT2D eigenvalue weighted by atomic mass is 79.9. The number of amides is 1. The number of aromatic nitrogens is 3. The summed E-state index contributed by atoms with van der Waals surface area (Å²) < 4.78 is 42.6. The fourth-order valence-electron chi connectivity index (χ4n) is 4.50. The van der Waals surface area contributed by atoms with Crippen LogP contribution in [0.3, 0.4) is 0 Å². The zero-order valence-corrected chi connectivity index (χ0v) is 17.3. The van der Waals surface area contributed by atoms with Crippen LogP contribution in [-0.4, -0.2) is 51.6 Å². The average molecular weight is 480 g/mol. The molecular weight excluding hydrogens is 463 g/mol. The van der Waals surface area contributed by atoms with E-state index >= 15 is 0 Å². The maximum Gasteiger partial charge on any atom is 0.418 e. The molecule has 2 fully saturated rings. The summed E-state index contributed by atoms with van der Waals surface area (Å²) in [6, 6.07) is 9.27. The Morgan fingerprint density at radius 1 is 1.00 bits per heavy atom. The van der Waals surface area contributed by atoms with E-state index in [4.69, 9.17) is 0 Å². The molecule has 0 N–H and O–H groups in total. The number of halogens is 4. The van der Waals surface area contributed by atoms with Gasteiger partial charge in [-0.2, -0.15) is 13.2 Å². The molecule has 0 saturated carbocycles. The second-order valence-electron chi connectivity index (χ2n) is 7.75. The van der Waals surface area contributed by atoms with Crippen LogP contribution in [0.2, 0.25) is 0 Å². The summed E-state index contributed by atoms with van der Waals surface area (Å²) in [5, 5.41) is 8.08. The number of carbonyl (C=O) groups excluding carboxylic acids is 1. The molecule has 2 atom stereocenters. The van der Waals surface area contributed by atoms with Crippen molar-refractivity contribution in [2.45, 2.75) is 6.18 Å². The van der Waals surface area contributed by atoms with Crippen LogP contribution in [0.1, 0.15) is 16.2 Å². The predicted octanol–water partition coefficient (Wildman–Crippen LogP) is 3.72. The number of hydrogen-bond acceptors (Lipinski definition) is 4. The molecule has 5 rings (SSSR count). The minimum absolute atomic E-state index is 0.126. The second kappa shape index (κ2) is 6.97. The fraction of sp³-hybridized carbons (Fsp3) is 0.350. The number of nitrogens with zero attached hydrogens (tertiary/aromatic N) is 5. The Hall–Kier alpha value is -2.62. The van der Waals surface area contributed by atoms with Gasteiger partial charge in [0, 0.05) is 54.4 Å². The van der Waals surface area contributed by atoms with Crippen molar-refractivity contribution in [1.29, 1.82) is 0 Å². The van der Waals surface area contributed by atoms with Crippen LogP contribution in [0.15, 0.2) is 47.1 Å². The van der Waals surface area contributed by atoms with Crippen LogP contribution in [0, 0.1) is 11.8 Å². The van der Waals surface area contributed by atoms with Crippen LogP contribution in [0.5, 0.6) is 0 Å². The highest BCUT2D eigenvalue weighted by Crippen LogP contribution is 2.40. The molecule has 0 unspecified atom stereocenters. The zero-order chi connectivity index (χ0) is 21.0. The topological polar surface area (TPSA) is 53.7 Å². The van der Waals surface area contributed by atoms with Gasteiger partial charge in [-0.1, -0.05) is 12.1 Å². The van der Waals surface area contributed by atoms with Gasteiger partial charge in [0.2, 0.25) is 5.82 Å². The van der Waals surface area contributed by atoms with E-state index in [0.29, 0.717) is 31.8 Å². The quantitative estimate of drug-likeness (QED) is 0.562. The predicted molar refractivity (Wildman–Crippen MR) is 107 cm³/mol. The first kappa shape index (κ1) is 19.3. The van der Waals surface area contributed by atoms with Crippen LogP contribution in [0.25, 0.3) is 5.65 Å². The number of anilines is 1. The van der Waals surface area contributed by atoms with Crippen molar-refractivity contribution >= 4 is 33.2 Å². The third-order valence-corrected chi connectivity index (χ3v) is 6.35. The molecule has 3 aromatic rings. The van der Waals surface area contributed by atoms with Gasteiger partial charge in [0.05, 0.1) is 5.56 Å². The summed E-state index contributed by atoms with van der Waals surface area (Å²) in [5.41, 5.74) is 0.180. The van der Waals surface area contributed by atoms with E-state index in [0.717, 1.165) is 10.5 Å². The SMILES string of the molecule is O=C(c1nnc2ccc(Br)cn12)N1C[C@@H]2CN(c3ccccc3C(F)(F)F)C[C@@H]2C1. The molecular formula is C20H17BrF3N5O. The number of hydrogen-bond donors (Lipinski definition) is 0. The Morgan fingerprint density at radius 3 is 2.40 bits per heavy atom. The first-order valence-corrected chi connectivity index (χ1v) is 10.3. The molecule has 6 nitrogen and oxygen atoms in total. The minimum Gasteiger partial charge on any atom is -0.370 e. The van der Waals surface area contributed by atoms with Crippen LogP contribution >= 0.6 is 15.9 Å². The third-order valence-electron chi connectivity index (χ3n) is 5.88. The van der Waals surface area contributed by atoms with E-state index in [1.165, 1.54) is 12.1 Å². The van der Waals surface area contributed by atoms with Crippen molar-refractivity contribution < 1.29 is 18.0 Å². The van der Waals surface area contributed by atoms with E-state index < -0.39 is 11.7 Å². The Bertz CT molecular complexity index is 1120. The number of pyridine rings is 1. The molecule has 2 saturated heterocycles. The Labute approximate surface area is 178 Å². The largest absolute Gasteiger partial charge is 0.418 e. The van der Waals surface area contributed by atoms with Crippen molar-refractivity contribution in [3.63, 3.8) is 0 Å². The molecule has 1 aromatic carbocycles. The zero-order valence-electron chi connectivity index (χ0n) is 15.7. The Morgan fingerprint density at radius 2 is 1.70 bits per heavy atom. The van der Waals surface area contributed by atoms with Crippen LogP contribution in [0.4, 0.5) is 18.9 Å². The van der Waals surface area contributed by atoms with Gasteiger partial charge in [0.1, 0.15) is 0 Å². The highest BCUT2D eigenvalue weighted by molar-refractivity contribution is 9.10. The molecule has 156 valence electrons. The normalized spacial score (nSPS) is 21.5. The first-order chi connectivity index (χ1) is 14.3. The third kappa shape index (κ3) is 3.23. The monoisotopic (exact) mass is 479 g/mol. The Kier molecular flexibility index (Phi) is 4.49. The number of rotatable bonds is 2. The van der Waals surface area contributed by atoms with Crippen molar-refractivity contribution in [1.82, 2.24) is 19.5 Å². The highest BCUT2D eigenvalue weighted by Gasteiger charge is 2.44. The molecule has 2 aliphatic rings. The molecule has 1 amide bonds. The van der Waals surface area contributed by atoms with Gasteiger partial charge in [-0.15, -0.1) is 10.2 Å². The lowest BCUT2D eigenvalue weighted by atomic mass is 10.0. The summed E-state index contributed by atoms with van der Waals surface area (Å²) in [4.78, 5) is 16.6. The van der Waals surface area contributed by atoms with E-state index in [2.05, 4.69) is 26.1 Å². The van der Waals surface area contributed by atoms with Gasteiger partial charge in [0.25, 0.3) is 5.91 Å². The number of likely N-dealkylation sites (tertiary alicyclic amines) is 1. The fourth-order valence-corrected chi connectivity index (χ4v) is 4.83. The van der Waals surface area contributed by atoms with Gasteiger partial charge in [-0.3, -0.25) is 9.20 Å². The molecule has 0 radical (unpaired) electrons. The molecule has 4 heterocycles. The maximum atomic E-state index is 13.4. The van der Waals surface area contributed by atoms with Crippen molar-refractivity contribution in [3.8, 4) is 0 Å². The van der Waals surface area contributed by atoms with Gasteiger partial charge in [-0.05, 0) is 40.2 Å². The molecule has 0 bridgehead atoms. The first-order valence-electron chi connectivity index (χ1n) is 9.52. The lowest BCUT2D eigenvalue weighted by Gasteiger charge is -2.25. The number of para-hydroxylation sites is 1. The van der Waals surface area contributed by atoms with Crippen LogP contribution in [-0.2, 0) is 6.18 Å². The smallest absolute Gasteiger partial charge is 0.370 e. The number of fused-ring (bicyclic) bond motifs is 2. The van der Waals surface area contributed by atoms with E-state index in [1.807, 2.05) is 6.07 Å². The molecule has 2 aliphatic heterocycles. The van der Waals surface area contributed by atoms with Gasteiger partial charge in [-0.25, -0.2) is 0 Å². The maximum absolute atomic E-state index is 13.4. The van der Waals surface area contributed by atoms with Crippen molar-refractivity contribution in [2.24, 2.45) is 11.8 Å². The molecule has 30 heavy (non-hydrogen) atoms. The summed E-state index contributed by atoms with van der Waals surface area (Å²) in [5.74, 6) is 0.283. The van der Waals surface area contributed by atoms with E-state index in [-0.39, 0.29) is 29.3 Å². The number of benzene rings is 1. The average Bonchev–Trinajstić information content (AvgIpc) is 3.39. The number of alkyl halides is 3. The van der Waals surface area contributed by atoms with E-state index in [9.17, 15) is 18.0 Å².